The number of ether oxygens (including phenoxy) is 1. The molecule has 0 unspecified atom stereocenters. The molecular weight excluding hydrogens is 360 g/mol. The molecule has 8 nitrogen and oxygen atoms in total. The highest BCUT2D eigenvalue weighted by atomic mass is 16.6. The lowest BCUT2D eigenvalue weighted by molar-refractivity contribution is -0.114. The normalized spacial score (nSPS) is 15.1. The van der Waals surface area contributed by atoms with E-state index in [1.54, 1.807) is 29.2 Å². The third kappa shape index (κ3) is 7.19. The monoisotopic (exact) mass is 390 g/mol. The lowest BCUT2D eigenvalue weighted by Gasteiger charge is -2.35. The fourth-order valence-electron chi connectivity index (χ4n) is 2.82. The summed E-state index contributed by atoms with van der Waals surface area (Å²) in [5.74, 6) is -0.300. The van der Waals surface area contributed by atoms with Crippen LogP contribution in [0.4, 0.5) is 10.5 Å². The van der Waals surface area contributed by atoms with E-state index < -0.39 is 5.60 Å². The number of hydrogen-bond donors (Lipinski definition) is 2. The minimum absolute atomic E-state index is 0.149. The molecule has 0 atom stereocenters. The van der Waals surface area contributed by atoms with Crippen molar-refractivity contribution >= 4 is 23.6 Å². The van der Waals surface area contributed by atoms with Gasteiger partial charge in [-0.1, -0.05) is 0 Å². The van der Waals surface area contributed by atoms with Crippen LogP contribution in [0.2, 0.25) is 0 Å². The molecule has 1 aliphatic rings. The molecule has 2 rings (SSSR count). The Kier molecular flexibility index (Phi) is 7.39. The van der Waals surface area contributed by atoms with E-state index in [-0.39, 0.29) is 17.9 Å². The predicted molar refractivity (Wildman–Crippen MR) is 107 cm³/mol. The van der Waals surface area contributed by atoms with Gasteiger partial charge in [-0.3, -0.25) is 14.5 Å². The van der Waals surface area contributed by atoms with Gasteiger partial charge in [0.05, 0.1) is 0 Å². The number of piperazine rings is 1. The van der Waals surface area contributed by atoms with Gasteiger partial charge in [0.1, 0.15) is 5.60 Å². The molecule has 0 bridgehead atoms. The van der Waals surface area contributed by atoms with E-state index >= 15 is 0 Å². The lowest BCUT2D eigenvalue weighted by Crippen LogP contribution is -2.51. The van der Waals surface area contributed by atoms with Crippen LogP contribution in [0.25, 0.3) is 0 Å². The summed E-state index contributed by atoms with van der Waals surface area (Å²) in [6, 6.07) is 6.76. The van der Waals surface area contributed by atoms with E-state index in [1.165, 1.54) is 6.92 Å². The van der Waals surface area contributed by atoms with Crippen molar-refractivity contribution in [1.29, 1.82) is 0 Å². The quantitative estimate of drug-likeness (QED) is 0.802. The number of nitrogens with one attached hydrogen (secondary N) is 2. The standard InChI is InChI=1S/C20H30N4O4/c1-15(25)22-17-7-5-16(6-8-17)18(26)21-9-10-23-11-13-24(14-12-23)19(27)28-20(2,3)4/h5-8H,9-14H2,1-4H3,(H,21,26)(H,22,25). The van der Waals surface area contributed by atoms with Crippen molar-refractivity contribution in [2.24, 2.45) is 0 Å². The van der Waals surface area contributed by atoms with Crippen LogP contribution in [0.3, 0.4) is 0 Å². The first-order valence-corrected chi connectivity index (χ1v) is 9.50. The second-order valence-electron chi connectivity index (χ2n) is 7.82. The van der Waals surface area contributed by atoms with Crippen LogP contribution in [-0.2, 0) is 9.53 Å². The number of carbonyl (C=O) groups is 3. The van der Waals surface area contributed by atoms with E-state index in [0.717, 1.165) is 19.6 Å². The van der Waals surface area contributed by atoms with Gasteiger partial charge in [0.25, 0.3) is 5.91 Å². The number of nitrogens with zero attached hydrogens (tertiary/aromatic N) is 2. The molecule has 0 radical (unpaired) electrons. The summed E-state index contributed by atoms with van der Waals surface area (Å²) in [5.41, 5.74) is 0.717. The summed E-state index contributed by atoms with van der Waals surface area (Å²) in [4.78, 5) is 39.2. The van der Waals surface area contributed by atoms with Crippen molar-refractivity contribution in [3.63, 3.8) is 0 Å². The highest BCUT2D eigenvalue weighted by Gasteiger charge is 2.25. The number of anilines is 1. The summed E-state index contributed by atoms with van der Waals surface area (Å²) in [7, 11) is 0. The molecule has 0 saturated carbocycles. The first-order valence-electron chi connectivity index (χ1n) is 9.50. The fraction of sp³-hybridized carbons (Fsp3) is 0.550. The summed E-state index contributed by atoms with van der Waals surface area (Å²) < 4.78 is 5.39. The number of benzene rings is 1. The summed E-state index contributed by atoms with van der Waals surface area (Å²) >= 11 is 0. The van der Waals surface area contributed by atoms with Crippen molar-refractivity contribution in [1.82, 2.24) is 15.1 Å². The SMILES string of the molecule is CC(=O)Nc1ccc(C(=O)NCCN2CCN(C(=O)OC(C)(C)C)CC2)cc1. The van der Waals surface area contributed by atoms with Gasteiger partial charge in [-0.25, -0.2) is 4.79 Å². The van der Waals surface area contributed by atoms with Crippen LogP contribution in [0.15, 0.2) is 24.3 Å². The molecule has 28 heavy (non-hydrogen) atoms. The number of carbonyl (C=O) groups excluding carboxylic acids is 3. The van der Waals surface area contributed by atoms with E-state index in [4.69, 9.17) is 4.74 Å². The Labute approximate surface area is 166 Å². The zero-order valence-electron chi connectivity index (χ0n) is 17.1. The Hall–Kier alpha value is -2.61. The molecule has 0 aliphatic carbocycles. The molecule has 1 aromatic rings. The van der Waals surface area contributed by atoms with Gasteiger partial charge in [-0.2, -0.15) is 0 Å². The Morgan fingerprint density at radius 3 is 2.18 bits per heavy atom. The van der Waals surface area contributed by atoms with Gasteiger partial charge in [0.15, 0.2) is 0 Å². The molecule has 1 saturated heterocycles. The highest BCUT2D eigenvalue weighted by Crippen LogP contribution is 2.12. The third-order valence-corrected chi connectivity index (χ3v) is 4.21. The topological polar surface area (TPSA) is 91.0 Å². The van der Waals surface area contributed by atoms with Gasteiger partial charge < -0.3 is 20.3 Å². The molecule has 154 valence electrons. The van der Waals surface area contributed by atoms with E-state index in [9.17, 15) is 14.4 Å². The summed E-state index contributed by atoms with van der Waals surface area (Å²) in [5, 5.41) is 5.57. The Bertz CT molecular complexity index is 689. The van der Waals surface area contributed by atoms with Crippen molar-refractivity contribution < 1.29 is 19.1 Å². The maximum Gasteiger partial charge on any atom is 0.410 e. The smallest absolute Gasteiger partial charge is 0.410 e. The molecule has 8 heteroatoms. The molecule has 1 heterocycles. The summed E-state index contributed by atoms with van der Waals surface area (Å²) in [6.45, 7) is 11.0. The third-order valence-electron chi connectivity index (χ3n) is 4.21. The molecule has 1 fully saturated rings. The van der Waals surface area contributed by atoms with Crippen LogP contribution >= 0.6 is 0 Å². The maximum atomic E-state index is 12.2. The van der Waals surface area contributed by atoms with E-state index in [2.05, 4.69) is 15.5 Å². The minimum Gasteiger partial charge on any atom is -0.444 e. The molecule has 0 spiro atoms. The minimum atomic E-state index is -0.487. The number of amides is 3. The molecule has 1 aliphatic heterocycles. The van der Waals surface area contributed by atoms with Crippen LogP contribution in [-0.4, -0.2) is 72.6 Å². The lowest BCUT2D eigenvalue weighted by atomic mass is 10.2. The van der Waals surface area contributed by atoms with Gasteiger partial charge in [0.2, 0.25) is 5.91 Å². The largest absolute Gasteiger partial charge is 0.444 e. The molecule has 2 N–H and O–H groups in total. The van der Waals surface area contributed by atoms with E-state index in [0.29, 0.717) is 30.9 Å². The van der Waals surface area contributed by atoms with Crippen molar-refractivity contribution in [3.05, 3.63) is 29.8 Å². The Morgan fingerprint density at radius 1 is 1.04 bits per heavy atom. The van der Waals surface area contributed by atoms with Gasteiger partial charge in [-0.05, 0) is 45.0 Å². The molecule has 1 aromatic carbocycles. The van der Waals surface area contributed by atoms with E-state index in [1.807, 2.05) is 20.8 Å². The summed E-state index contributed by atoms with van der Waals surface area (Å²) in [6.07, 6.45) is -0.275. The zero-order valence-corrected chi connectivity index (χ0v) is 17.1. The molecule has 3 amide bonds. The fourth-order valence-corrected chi connectivity index (χ4v) is 2.82. The Morgan fingerprint density at radius 2 is 1.64 bits per heavy atom. The van der Waals surface area contributed by atoms with Crippen LogP contribution < -0.4 is 10.6 Å². The van der Waals surface area contributed by atoms with Gasteiger partial charge in [0, 0.05) is 57.4 Å². The van der Waals surface area contributed by atoms with Crippen molar-refractivity contribution in [3.8, 4) is 0 Å². The average molecular weight is 390 g/mol. The second-order valence-corrected chi connectivity index (χ2v) is 7.82. The average Bonchev–Trinajstić information content (AvgIpc) is 2.61. The van der Waals surface area contributed by atoms with Crippen LogP contribution in [0.1, 0.15) is 38.1 Å². The first-order chi connectivity index (χ1) is 13.1. The van der Waals surface area contributed by atoms with Crippen LogP contribution in [0, 0.1) is 0 Å². The van der Waals surface area contributed by atoms with Crippen molar-refractivity contribution in [2.45, 2.75) is 33.3 Å². The number of hydrogen-bond acceptors (Lipinski definition) is 5. The maximum absolute atomic E-state index is 12.2. The number of rotatable bonds is 5. The second kappa shape index (κ2) is 9.54. The highest BCUT2D eigenvalue weighted by molar-refractivity contribution is 5.95. The zero-order chi connectivity index (χ0) is 20.7. The molecule has 0 aromatic heterocycles. The van der Waals surface area contributed by atoms with Crippen molar-refractivity contribution in [2.75, 3.05) is 44.6 Å². The van der Waals surface area contributed by atoms with Crippen LogP contribution in [0.5, 0.6) is 0 Å². The van der Waals surface area contributed by atoms with Gasteiger partial charge in [-0.15, -0.1) is 0 Å². The molecular formula is C20H30N4O4. The van der Waals surface area contributed by atoms with Gasteiger partial charge >= 0.3 is 6.09 Å². The first kappa shape index (κ1) is 21.7. The Balaban J connectivity index is 1.69. The predicted octanol–water partition coefficient (Wildman–Crippen LogP) is 1.93.